The molecule has 0 aliphatic heterocycles. The lowest BCUT2D eigenvalue weighted by atomic mass is 10.0. The number of rotatable bonds is 16. The Morgan fingerprint density at radius 2 is 1.00 bits per heavy atom. The number of carboxylic acid groups (broad SMARTS) is 1. The first-order valence-corrected chi connectivity index (χ1v) is 9.19. The summed E-state index contributed by atoms with van der Waals surface area (Å²) in [4.78, 5) is 10.5. The van der Waals surface area contributed by atoms with Crippen molar-refractivity contribution < 1.29 is 20.1 Å². The van der Waals surface area contributed by atoms with E-state index in [9.17, 15) is 4.79 Å². The molecule has 0 aromatic rings. The molecule has 0 aromatic carbocycles. The highest BCUT2D eigenvalue weighted by Crippen LogP contribution is 2.15. The number of hydrogen-bond acceptors (Lipinski definition) is 3. The van der Waals surface area contributed by atoms with E-state index < -0.39 is 11.8 Å². The summed E-state index contributed by atoms with van der Waals surface area (Å²) in [6.07, 6.45) is 17.0. The van der Waals surface area contributed by atoms with Crippen LogP contribution in [-0.4, -0.2) is 50.1 Å². The normalized spacial score (nSPS) is 11.3. The van der Waals surface area contributed by atoms with Gasteiger partial charge >= 0.3 is 29.0 Å². The molecule has 0 saturated carbocycles. The fourth-order valence-corrected chi connectivity index (χ4v) is 2.67. The van der Waals surface area contributed by atoms with Crippen molar-refractivity contribution in [1.82, 2.24) is 0 Å². The molecular formula is C18H38MgO4. The van der Waals surface area contributed by atoms with Gasteiger partial charge in [0.15, 0.2) is 0 Å². The van der Waals surface area contributed by atoms with Gasteiger partial charge in [-0.05, 0) is 6.42 Å². The summed E-state index contributed by atoms with van der Waals surface area (Å²) < 4.78 is 0. The van der Waals surface area contributed by atoms with Crippen LogP contribution >= 0.6 is 0 Å². The zero-order valence-corrected chi connectivity index (χ0v) is 14.4. The third-order valence-corrected chi connectivity index (χ3v) is 4.22. The van der Waals surface area contributed by atoms with E-state index in [2.05, 4.69) is 6.92 Å². The first-order chi connectivity index (χ1) is 10.5. The van der Waals surface area contributed by atoms with Gasteiger partial charge in [-0.1, -0.05) is 90.4 Å². The summed E-state index contributed by atoms with van der Waals surface area (Å²) >= 11 is 0. The predicted molar refractivity (Wildman–Crippen MR) is 98.3 cm³/mol. The number of aliphatic hydroxyl groups is 2. The van der Waals surface area contributed by atoms with Gasteiger partial charge in [-0.15, -0.1) is 0 Å². The second-order valence-electron chi connectivity index (χ2n) is 6.47. The molecule has 0 aromatic heterocycles. The number of hydrogen-bond donors (Lipinski definition) is 3. The van der Waals surface area contributed by atoms with Gasteiger partial charge in [-0.25, -0.2) is 4.79 Å². The monoisotopic (exact) mass is 342 g/mol. The maximum Gasteiger partial charge on any atom is 0.364 e. The number of unbranched alkanes of at least 4 members (excludes halogenated alkanes) is 13. The molecule has 0 heterocycles. The average Bonchev–Trinajstić information content (AvgIpc) is 2.47. The number of carboxylic acids is 1. The maximum atomic E-state index is 10.5. The van der Waals surface area contributed by atoms with Crippen LogP contribution in [0.5, 0.6) is 0 Å². The Labute approximate surface area is 158 Å². The molecular weight excluding hydrogens is 304 g/mol. The molecule has 23 heavy (non-hydrogen) atoms. The first-order valence-electron chi connectivity index (χ1n) is 9.19. The maximum absolute atomic E-state index is 10.5. The molecule has 4 nitrogen and oxygen atoms in total. The average molecular weight is 343 g/mol. The Kier molecular flexibility index (Phi) is 18.8. The first kappa shape index (κ1) is 25.4. The van der Waals surface area contributed by atoms with Gasteiger partial charge in [0.1, 0.15) is 0 Å². The standard InChI is InChI=1S/C18H36O4.Mg.2H/c1-2-3-4-5-6-7-8-9-10-11-12-13-14-15-16-18(21,22)17(19)20;;;/h21-22H,2-16H2,1H3,(H,19,20);;;. The minimum absolute atomic E-state index is 0. The van der Waals surface area contributed by atoms with Crippen molar-refractivity contribution in [3.63, 3.8) is 0 Å². The molecule has 0 aliphatic rings. The highest BCUT2D eigenvalue weighted by Gasteiger charge is 2.31. The lowest BCUT2D eigenvalue weighted by molar-refractivity contribution is -0.205. The summed E-state index contributed by atoms with van der Waals surface area (Å²) in [5.41, 5.74) is 0. The molecule has 5 heteroatoms. The molecule has 0 rings (SSSR count). The predicted octanol–water partition coefficient (Wildman–Crippen LogP) is 3.71. The molecule has 0 amide bonds. The van der Waals surface area contributed by atoms with E-state index in [0.717, 1.165) is 19.3 Å². The third kappa shape index (κ3) is 16.8. The van der Waals surface area contributed by atoms with Crippen LogP contribution in [0.2, 0.25) is 0 Å². The van der Waals surface area contributed by atoms with Gasteiger partial charge in [-0.2, -0.15) is 0 Å². The smallest absolute Gasteiger partial charge is 0.364 e. The lowest BCUT2D eigenvalue weighted by Crippen LogP contribution is -2.37. The SMILES string of the molecule is CCCCCCCCCCCCCCCCC(O)(O)C(=O)O.[MgH2]. The topological polar surface area (TPSA) is 77.8 Å². The zero-order chi connectivity index (χ0) is 16.7. The summed E-state index contributed by atoms with van der Waals surface area (Å²) in [7, 11) is 0. The highest BCUT2D eigenvalue weighted by atomic mass is 24.3. The molecule has 0 saturated heterocycles. The van der Waals surface area contributed by atoms with Crippen molar-refractivity contribution in [2.45, 2.75) is 109 Å². The molecule has 0 bridgehead atoms. The molecule has 0 unspecified atom stereocenters. The zero-order valence-electron chi connectivity index (χ0n) is 14.4. The van der Waals surface area contributed by atoms with Crippen LogP contribution in [0.1, 0.15) is 103 Å². The van der Waals surface area contributed by atoms with Crippen LogP contribution < -0.4 is 0 Å². The van der Waals surface area contributed by atoms with Crippen molar-refractivity contribution >= 4 is 29.0 Å². The fourth-order valence-electron chi connectivity index (χ4n) is 2.67. The molecule has 0 radical (unpaired) electrons. The summed E-state index contributed by atoms with van der Waals surface area (Å²) in [5.74, 6) is -4.10. The fraction of sp³-hybridized carbons (Fsp3) is 0.944. The molecule has 0 fully saturated rings. The van der Waals surface area contributed by atoms with Gasteiger partial charge < -0.3 is 15.3 Å². The largest absolute Gasteiger partial charge is 0.477 e. The van der Waals surface area contributed by atoms with E-state index in [4.69, 9.17) is 15.3 Å². The summed E-state index contributed by atoms with van der Waals surface area (Å²) in [6, 6.07) is 0. The van der Waals surface area contributed by atoms with Crippen LogP contribution in [0.4, 0.5) is 0 Å². The summed E-state index contributed by atoms with van der Waals surface area (Å²) in [6.45, 7) is 2.25. The summed E-state index contributed by atoms with van der Waals surface area (Å²) in [5, 5.41) is 26.8. The van der Waals surface area contributed by atoms with E-state index in [1.54, 1.807) is 0 Å². The minimum Gasteiger partial charge on any atom is -0.477 e. The van der Waals surface area contributed by atoms with Crippen molar-refractivity contribution in [2.75, 3.05) is 0 Å². The van der Waals surface area contributed by atoms with Crippen molar-refractivity contribution in [2.24, 2.45) is 0 Å². The number of carbonyl (C=O) groups is 1. The molecule has 0 aliphatic carbocycles. The minimum atomic E-state index is -2.54. The van der Waals surface area contributed by atoms with Gasteiger partial charge in [0.2, 0.25) is 0 Å². The molecule has 3 N–H and O–H groups in total. The Balaban J connectivity index is 0. The Hall–Kier alpha value is 0.156. The Morgan fingerprint density at radius 3 is 1.30 bits per heavy atom. The second kappa shape index (κ2) is 17.0. The quantitative estimate of drug-likeness (QED) is 0.227. The van der Waals surface area contributed by atoms with Crippen LogP contribution in [0.3, 0.4) is 0 Å². The van der Waals surface area contributed by atoms with Gasteiger partial charge in [-0.3, -0.25) is 0 Å². The molecule has 0 spiro atoms. The third-order valence-electron chi connectivity index (χ3n) is 4.22. The van der Waals surface area contributed by atoms with E-state index in [0.29, 0.717) is 6.42 Å². The van der Waals surface area contributed by atoms with E-state index in [-0.39, 0.29) is 29.5 Å². The highest BCUT2D eigenvalue weighted by molar-refractivity contribution is 5.75. The molecule has 0 atom stereocenters. The van der Waals surface area contributed by atoms with Crippen molar-refractivity contribution in [3.8, 4) is 0 Å². The van der Waals surface area contributed by atoms with Crippen molar-refractivity contribution in [1.29, 1.82) is 0 Å². The lowest BCUT2D eigenvalue weighted by Gasteiger charge is -2.15. The van der Waals surface area contributed by atoms with E-state index in [1.807, 2.05) is 0 Å². The van der Waals surface area contributed by atoms with Gasteiger partial charge in [0.05, 0.1) is 0 Å². The number of aliphatic carboxylic acids is 1. The van der Waals surface area contributed by atoms with Crippen LogP contribution in [0.15, 0.2) is 0 Å². The van der Waals surface area contributed by atoms with Crippen LogP contribution in [-0.2, 0) is 4.79 Å². The van der Waals surface area contributed by atoms with Gasteiger partial charge in [0.25, 0.3) is 5.79 Å². The molecule has 136 valence electrons. The van der Waals surface area contributed by atoms with E-state index >= 15 is 0 Å². The Morgan fingerprint density at radius 1 is 0.696 bits per heavy atom. The van der Waals surface area contributed by atoms with Crippen LogP contribution in [0.25, 0.3) is 0 Å². The second-order valence-corrected chi connectivity index (χ2v) is 6.47. The Bertz CT molecular complexity index is 270. The van der Waals surface area contributed by atoms with Crippen LogP contribution in [0, 0.1) is 0 Å². The van der Waals surface area contributed by atoms with Crippen molar-refractivity contribution in [3.05, 3.63) is 0 Å². The van der Waals surface area contributed by atoms with Gasteiger partial charge in [0, 0.05) is 6.42 Å². The van der Waals surface area contributed by atoms with E-state index in [1.165, 1.54) is 64.2 Å².